The van der Waals surface area contributed by atoms with Crippen LogP contribution < -0.4 is 0 Å². The number of aromatic hydroxyl groups is 1. The van der Waals surface area contributed by atoms with Gasteiger partial charge in [0.25, 0.3) is 0 Å². The topological polar surface area (TPSA) is 23.5 Å². The number of nitrogens with zero attached hydrogens (tertiary/aromatic N) is 1. The van der Waals surface area contributed by atoms with E-state index >= 15 is 0 Å². The highest BCUT2D eigenvalue weighted by Crippen LogP contribution is 2.40. The molecular formula is C14H19NO. The van der Waals surface area contributed by atoms with Crippen LogP contribution in [0.15, 0.2) is 18.2 Å². The van der Waals surface area contributed by atoms with Crippen LogP contribution in [0, 0.1) is 0 Å². The monoisotopic (exact) mass is 217 g/mol. The molecule has 3 rings (SSSR count). The number of likely N-dealkylation sites (N-methyl/N-ethyl adjacent to an activating group) is 1. The Balaban J connectivity index is 1.99. The van der Waals surface area contributed by atoms with E-state index in [-0.39, 0.29) is 0 Å². The van der Waals surface area contributed by atoms with Gasteiger partial charge in [0.1, 0.15) is 5.75 Å². The molecule has 0 radical (unpaired) electrons. The predicted molar refractivity (Wildman–Crippen MR) is 64.8 cm³/mol. The number of phenolic OH excluding ortho intramolecular Hbond substituents is 1. The molecule has 1 aliphatic heterocycles. The Bertz CT molecular complexity index is 402. The quantitative estimate of drug-likeness (QED) is 0.722. The van der Waals surface area contributed by atoms with Crippen LogP contribution in [-0.2, 0) is 6.42 Å². The van der Waals surface area contributed by atoms with Crippen molar-refractivity contribution in [1.82, 2.24) is 4.90 Å². The summed E-state index contributed by atoms with van der Waals surface area (Å²) in [6.45, 7) is 1.24. The molecule has 16 heavy (non-hydrogen) atoms. The molecular weight excluding hydrogens is 198 g/mol. The molecule has 86 valence electrons. The summed E-state index contributed by atoms with van der Waals surface area (Å²) in [6, 6.07) is 6.67. The van der Waals surface area contributed by atoms with Crippen LogP contribution in [0.2, 0.25) is 0 Å². The molecule has 0 amide bonds. The van der Waals surface area contributed by atoms with Gasteiger partial charge in [-0.1, -0.05) is 6.07 Å². The molecule has 0 unspecified atom stereocenters. The third-order valence-corrected chi connectivity index (χ3v) is 4.29. The second kappa shape index (κ2) is 3.77. The van der Waals surface area contributed by atoms with Crippen molar-refractivity contribution in [1.29, 1.82) is 0 Å². The number of rotatable bonds is 0. The van der Waals surface area contributed by atoms with E-state index in [1.807, 2.05) is 12.1 Å². The van der Waals surface area contributed by atoms with Crippen molar-refractivity contribution in [2.75, 3.05) is 13.6 Å². The minimum Gasteiger partial charge on any atom is -0.508 e. The maximum Gasteiger partial charge on any atom is 0.115 e. The fourth-order valence-corrected chi connectivity index (χ4v) is 3.48. The molecule has 0 spiro atoms. The normalized spacial score (nSPS) is 29.6. The summed E-state index contributed by atoms with van der Waals surface area (Å²) in [4.78, 5) is 2.52. The van der Waals surface area contributed by atoms with Gasteiger partial charge in [0.15, 0.2) is 0 Å². The molecule has 2 heteroatoms. The lowest BCUT2D eigenvalue weighted by atomic mass is 9.74. The summed E-state index contributed by atoms with van der Waals surface area (Å²) < 4.78 is 0. The number of phenols is 1. The summed E-state index contributed by atoms with van der Waals surface area (Å²) in [5, 5.41) is 9.53. The average molecular weight is 217 g/mol. The van der Waals surface area contributed by atoms with Gasteiger partial charge in [0, 0.05) is 6.04 Å². The highest BCUT2D eigenvalue weighted by molar-refractivity contribution is 5.40. The molecule has 1 aliphatic carbocycles. The highest BCUT2D eigenvalue weighted by atomic mass is 16.3. The Hall–Kier alpha value is -1.02. The zero-order valence-corrected chi connectivity index (χ0v) is 9.82. The first-order chi connectivity index (χ1) is 7.75. The lowest BCUT2D eigenvalue weighted by molar-refractivity contribution is 0.143. The number of hydrogen-bond acceptors (Lipinski definition) is 2. The predicted octanol–water partition coefficient (Wildman–Crippen LogP) is 2.52. The molecule has 1 aromatic carbocycles. The van der Waals surface area contributed by atoms with Crippen LogP contribution in [-0.4, -0.2) is 29.6 Å². The number of likely N-dealkylation sites (tertiary alicyclic amines) is 1. The van der Waals surface area contributed by atoms with Gasteiger partial charge in [-0.15, -0.1) is 0 Å². The molecule has 2 atom stereocenters. The highest BCUT2D eigenvalue weighted by Gasteiger charge is 2.34. The zero-order valence-electron chi connectivity index (χ0n) is 9.82. The molecule has 0 aromatic heterocycles. The van der Waals surface area contributed by atoms with E-state index in [9.17, 15) is 5.11 Å². The third-order valence-electron chi connectivity index (χ3n) is 4.29. The minimum absolute atomic E-state index is 0.418. The molecule has 2 aliphatic rings. The van der Waals surface area contributed by atoms with E-state index in [1.165, 1.54) is 36.9 Å². The van der Waals surface area contributed by atoms with Gasteiger partial charge in [0.2, 0.25) is 0 Å². The van der Waals surface area contributed by atoms with Crippen LogP contribution in [0.25, 0.3) is 0 Å². The molecule has 2 nitrogen and oxygen atoms in total. The van der Waals surface area contributed by atoms with E-state index in [0.29, 0.717) is 11.7 Å². The SMILES string of the molecule is CN1CCC[C@@H]2c3ccc(O)cc3CC[C@@H]21. The smallest absolute Gasteiger partial charge is 0.115 e. The van der Waals surface area contributed by atoms with E-state index in [1.54, 1.807) is 0 Å². The number of fused-ring (bicyclic) bond motifs is 3. The summed E-state index contributed by atoms with van der Waals surface area (Å²) in [6.07, 6.45) is 4.98. The molecule has 0 bridgehead atoms. The van der Waals surface area contributed by atoms with Crippen LogP contribution in [0.3, 0.4) is 0 Å². The van der Waals surface area contributed by atoms with Crippen LogP contribution in [0.5, 0.6) is 5.75 Å². The summed E-state index contributed by atoms with van der Waals surface area (Å²) >= 11 is 0. The number of hydrogen-bond donors (Lipinski definition) is 1. The summed E-state index contributed by atoms with van der Waals surface area (Å²) in [5.74, 6) is 1.12. The second-order valence-electron chi connectivity index (χ2n) is 5.22. The van der Waals surface area contributed by atoms with Crippen molar-refractivity contribution in [3.63, 3.8) is 0 Å². The van der Waals surface area contributed by atoms with Crippen LogP contribution >= 0.6 is 0 Å². The lowest BCUT2D eigenvalue weighted by Gasteiger charge is -2.43. The lowest BCUT2D eigenvalue weighted by Crippen LogP contribution is -2.43. The van der Waals surface area contributed by atoms with Gasteiger partial charge < -0.3 is 10.0 Å². The molecule has 1 heterocycles. The largest absolute Gasteiger partial charge is 0.508 e. The van der Waals surface area contributed by atoms with E-state index in [4.69, 9.17) is 0 Å². The van der Waals surface area contributed by atoms with E-state index in [2.05, 4.69) is 18.0 Å². The minimum atomic E-state index is 0.418. The number of benzene rings is 1. The summed E-state index contributed by atoms with van der Waals surface area (Å²) in [7, 11) is 2.25. The van der Waals surface area contributed by atoms with Crippen molar-refractivity contribution in [2.24, 2.45) is 0 Å². The van der Waals surface area contributed by atoms with Gasteiger partial charge in [-0.05, 0) is 68.5 Å². The van der Waals surface area contributed by atoms with Gasteiger partial charge in [-0.3, -0.25) is 0 Å². The number of aryl methyl sites for hydroxylation is 1. The van der Waals surface area contributed by atoms with Gasteiger partial charge in [-0.25, -0.2) is 0 Å². The number of piperidine rings is 1. The van der Waals surface area contributed by atoms with E-state index < -0.39 is 0 Å². The summed E-state index contributed by atoms with van der Waals surface area (Å²) in [5.41, 5.74) is 2.86. The molecule has 1 saturated heterocycles. The Kier molecular flexibility index (Phi) is 2.40. The zero-order chi connectivity index (χ0) is 11.1. The first-order valence-corrected chi connectivity index (χ1v) is 6.28. The average Bonchev–Trinajstić information content (AvgIpc) is 2.28. The van der Waals surface area contributed by atoms with Crippen molar-refractivity contribution in [3.05, 3.63) is 29.3 Å². The van der Waals surface area contributed by atoms with Gasteiger partial charge in [-0.2, -0.15) is 0 Å². The fourth-order valence-electron chi connectivity index (χ4n) is 3.48. The molecule has 1 aromatic rings. The van der Waals surface area contributed by atoms with E-state index in [0.717, 1.165) is 12.5 Å². The molecule has 1 N–H and O–H groups in total. The Morgan fingerprint density at radius 2 is 2.19 bits per heavy atom. The Morgan fingerprint density at radius 1 is 1.31 bits per heavy atom. The maximum absolute atomic E-state index is 9.53. The van der Waals surface area contributed by atoms with Crippen molar-refractivity contribution in [2.45, 2.75) is 37.6 Å². The van der Waals surface area contributed by atoms with Crippen LogP contribution in [0.1, 0.15) is 36.3 Å². The van der Waals surface area contributed by atoms with Crippen molar-refractivity contribution < 1.29 is 5.11 Å². The first kappa shape index (κ1) is 10.2. The second-order valence-corrected chi connectivity index (χ2v) is 5.22. The Labute approximate surface area is 96.9 Å². The Morgan fingerprint density at radius 3 is 3.06 bits per heavy atom. The van der Waals surface area contributed by atoms with Crippen LogP contribution in [0.4, 0.5) is 0 Å². The van der Waals surface area contributed by atoms with Crippen molar-refractivity contribution >= 4 is 0 Å². The van der Waals surface area contributed by atoms with Crippen molar-refractivity contribution in [3.8, 4) is 5.75 Å². The molecule has 0 saturated carbocycles. The third kappa shape index (κ3) is 1.52. The fraction of sp³-hybridized carbons (Fsp3) is 0.571. The van der Waals surface area contributed by atoms with Gasteiger partial charge >= 0.3 is 0 Å². The standard InChI is InChI=1S/C14H19NO/c1-15-8-2-3-13-12-6-5-11(16)9-10(12)4-7-14(13)15/h5-6,9,13-14,16H,2-4,7-8H2,1H3/t13-,14+/m1/s1. The first-order valence-electron chi connectivity index (χ1n) is 6.28. The van der Waals surface area contributed by atoms with Gasteiger partial charge in [0.05, 0.1) is 0 Å². The molecule has 1 fully saturated rings. The maximum atomic E-state index is 9.53.